The summed E-state index contributed by atoms with van der Waals surface area (Å²) >= 11 is 0. The summed E-state index contributed by atoms with van der Waals surface area (Å²) in [6, 6.07) is 14.6. The summed E-state index contributed by atoms with van der Waals surface area (Å²) in [6.45, 7) is 6.03. The van der Waals surface area contributed by atoms with Gasteiger partial charge in [-0.3, -0.25) is 0 Å². The standard InChI is InChI=1S/C21H30N4O3S/c1-4-23-21(25-15-17-6-5-7-20(14-17)29(22,26)27)24-13-12-16(2)18-8-10-19(28-3)11-9-18/h5-11,14,16H,4,12-13,15H2,1-3H3,(H2,22,26,27)(H2,23,24,25). The quantitative estimate of drug-likeness (QED) is 0.429. The van der Waals surface area contributed by atoms with E-state index >= 15 is 0 Å². The van der Waals surface area contributed by atoms with Crippen molar-refractivity contribution in [2.75, 3.05) is 20.2 Å². The second-order valence-corrected chi connectivity index (χ2v) is 8.34. The van der Waals surface area contributed by atoms with Crippen LogP contribution in [0.2, 0.25) is 0 Å². The molecule has 8 heteroatoms. The van der Waals surface area contributed by atoms with E-state index in [1.165, 1.54) is 11.6 Å². The molecule has 1 atom stereocenters. The van der Waals surface area contributed by atoms with E-state index in [4.69, 9.17) is 9.88 Å². The molecule has 0 heterocycles. The number of primary sulfonamides is 1. The van der Waals surface area contributed by atoms with Gasteiger partial charge in [0.2, 0.25) is 10.0 Å². The van der Waals surface area contributed by atoms with Crippen LogP contribution in [0.15, 0.2) is 58.4 Å². The Hall–Kier alpha value is -2.58. The minimum atomic E-state index is -3.72. The zero-order valence-electron chi connectivity index (χ0n) is 17.2. The monoisotopic (exact) mass is 418 g/mol. The van der Waals surface area contributed by atoms with Crippen LogP contribution in [0.25, 0.3) is 0 Å². The Balaban J connectivity index is 1.93. The van der Waals surface area contributed by atoms with Crippen molar-refractivity contribution in [3.63, 3.8) is 0 Å². The summed E-state index contributed by atoms with van der Waals surface area (Å²) in [4.78, 5) is 4.64. The van der Waals surface area contributed by atoms with Gasteiger partial charge in [0.25, 0.3) is 0 Å². The molecule has 0 aromatic heterocycles. The van der Waals surface area contributed by atoms with Gasteiger partial charge in [-0.15, -0.1) is 0 Å². The van der Waals surface area contributed by atoms with Gasteiger partial charge in [-0.25, -0.2) is 18.5 Å². The lowest BCUT2D eigenvalue weighted by molar-refractivity contribution is 0.414. The number of nitrogens with two attached hydrogens (primary N) is 1. The number of rotatable bonds is 9. The smallest absolute Gasteiger partial charge is 0.238 e. The van der Waals surface area contributed by atoms with Crippen LogP contribution in [-0.4, -0.2) is 34.6 Å². The fourth-order valence-corrected chi connectivity index (χ4v) is 3.42. The molecule has 2 rings (SSSR count). The van der Waals surface area contributed by atoms with E-state index in [2.05, 4.69) is 34.7 Å². The Kier molecular flexibility index (Phi) is 8.48. The molecular weight excluding hydrogens is 388 g/mol. The van der Waals surface area contributed by atoms with E-state index in [1.54, 1.807) is 19.2 Å². The summed E-state index contributed by atoms with van der Waals surface area (Å²) in [5.74, 6) is 1.94. The lowest BCUT2D eigenvalue weighted by Gasteiger charge is -2.15. The fourth-order valence-electron chi connectivity index (χ4n) is 2.84. The molecule has 4 N–H and O–H groups in total. The molecule has 1 unspecified atom stereocenters. The van der Waals surface area contributed by atoms with Gasteiger partial charge < -0.3 is 15.4 Å². The molecule has 7 nitrogen and oxygen atoms in total. The number of aliphatic imine (C=N–C) groups is 1. The average Bonchev–Trinajstić information content (AvgIpc) is 2.71. The van der Waals surface area contributed by atoms with Crippen LogP contribution >= 0.6 is 0 Å². The number of nitrogens with one attached hydrogen (secondary N) is 2. The number of methoxy groups -OCH3 is 1. The Bertz CT molecular complexity index is 912. The highest BCUT2D eigenvalue weighted by Gasteiger charge is 2.09. The van der Waals surface area contributed by atoms with E-state index in [9.17, 15) is 8.42 Å². The zero-order chi connectivity index (χ0) is 21.3. The molecule has 0 saturated heterocycles. The maximum atomic E-state index is 11.5. The molecule has 0 amide bonds. The minimum absolute atomic E-state index is 0.0940. The molecular formula is C21H30N4O3S. The van der Waals surface area contributed by atoms with Gasteiger partial charge in [0, 0.05) is 13.1 Å². The maximum absolute atomic E-state index is 11.5. The van der Waals surface area contributed by atoms with Crippen molar-refractivity contribution in [3.05, 3.63) is 59.7 Å². The van der Waals surface area contributed by atoms with Gasteiger partial charge in [-0.1, -0.05) is 31.2 Å². The highest BCUT2D eigenvalue weighted by molar-refractivity contribution is 7.89. The molecule has 0 aliphatic rings. The van der Waals surface area contributed by atoms with Crippen LogP contribution in [0.5, 0.6) is 5.75 Å². The Labute approximate surface area is 173 Å². The van der Waals surface area contributed by atoms with Crippen LogP contribution in [0.1, 0.15) is 37.3 Å². The average molecular weight is 419 g/mol. The van der Waals surface area contributed by atoms with Crippen LogP contribution < -0.4 is 20.5 Å². The van der Waals surface area contributed by atoms with Crippen molar-refractivity contribution < 1.29 is 13.2 Å². The fraction of sp³-hybridized carbons (Fsp3) is 0.381. The minimum Gasteiger partial charge on any atom is -0.497 e. The van der Waals surface area contributed by atoms with Gasteiger partial charge in [0.1, 0.15) is 5.75 Å². The second kappa shape index (κ2) is 10.8. The topological polar surface area (TPSA) is 106 Å². The molecule has 29 heavy (non-hydrogen) atoms. The molecule has 158 valence electrons. The van der Waals surface area contributed by atoms with Crippen LogP contribution in [0.4, 0.5) is 0 Å². The van der Waals surface area contributed by atoms with Crippen molar-refractivity contribution >= 4 is 16.0 Å². The number of guanidine groups is 1. The Morgan fingerprint density at radius 3 is 2.52 bits per heavy atom. The molecule has 0 radical (unpaired) electrons. The molecule has 0 saturated carbocycles. The largest absolute Gasteiger partial charge is 0.497 e. The number of sulfonamides is 1. The van der Waals surface area contributed by atoms with E-state index in [0.29, 0.717) is 18.4 Å². The first-order valence-electron chi connectivity index (χ1n) is 9.61. The predicted octanol–water partition coefficient (Wildman–Crippen LogP) is 2.59. The number of hydrogen-bond acceptors (Lipinski definition) is 4. The third kappa shape index (κ3) is 7.40. The summed E-state index contributed by atoms with van der Waals surface area (Å²) in [5.41, 5.74) is 2.04. The Morgan fingerprint density at radius 1 is 1.17 bits per heavy atom. The molecule has 0 fully saturated rings. The highest BCUT2D eigenvalue weighted by atomic mass is 32.2. The van der Waals surface area contributed by atoms with E-state index in [0.717, 1.165) is 30.8 Å². The molecule has 2 aromatic rings. The highest BCUT2D eigenvalue weighted by Crippen LogP contribution is 2.21. The second-order valence-electron chi connectivity index (χ2n) is 6.78. The van der Waals surface area contributed by atoms with Crippen LogP contribution in [0.3, 0.4) is 0 Å². The zero-order valence-corrected chi connectivity index (χ0v) is 18.0. The van der Waals surface area contributed by atoms with Gasteiger partial charge in [0.05, 0.1) is 18.6 Å². The third-order valence-corrected chi connectivity index (χ3v) is 5.46. The van der Waals surface area contributed by atoms with Crippen molar-refractivity contribution in [1.82, 2.24) is 10.6 Å². The number of hydrogen-bond donors (Lipinski definition) is 3. The first-order chi connectivity index (χ1) is 13.8. The lowest BCUT2D eigenvalue weighted by atomic mass is 9.98. The van der Waals surface area contributed by atoms with Crippen molar-refractivity contribution in [2.24, 2.45) is 10.1 Å². The van der Waals surface area contributed by atoms with Crippen molar-refractivity contribution in [3.8, 4) is 5.75 Å². The molecule has 0 bridgehead atoms. The first-order valence-corrected chi connectivity index (χ1v) is 11.2. The predicted molar refractivity (Wildman–Crippen MR) is 117 cm³/mol. The summed E-state index contributed by atoms with van der Waals surface area (Å²) in [5, 5.41) is 11.7. The summed E-state index contributed by atoms with van der Waals surface area (Å²) in [6.07, 6.45) is 0.942. The summed E-state index contributed by atoms with van der Waals surface area (Å²) < 4.78 is 28.2. The van der Waals surface area contributed by atoms with Crippen LogP contribution in [-0.2, 0) is 16.6 Å². The molecule has 0 aliphatic heterocycles. The van der Waals surface area contributed by atoms with Crippen LogP contribution in [0, 0.1) is 0 Å². The van der Waals surface area contributed by atoms with Crippen molar-refractivity contribution in [2.45, 2.75) is 37.6 Å². The number of benzene rings is 2. The number of nitrogens with zero attached hydrogens (tertiary/aromatic N) is 1. The van der Waals surface area contributed by atoms with E-state index in [1.807, 2.05) is 25.1 Å². The van der Waals surface area contributed by atoms with Gasteiger partial charge >= 0.3 is 0 Å². The van der Waals surface area contributed by atoms with E-state index < -0.39 is 10.0 Å². The maximum Gasteiger partial charge on any atom is 0.238 e. The van der Waals surface area contributed by atoms with E-state index in [-0.39, 0.29) is 4.90 Å². The first kappa shape index (κ1) is 22.7. The van der Waals surface area contributed by atoms with Crippen molar-refractivity contribution in [1.29, 1.82) is 0 Å². The van der Waals surface area contributed by atoms with Gasteiger partial charge in [-0.05, 0) is 54.7 Å². The molecule has 0 spiro atoms. The number of ether oxygens (including phenoxy) is 1. The van der Waals surface area contributed by atoms with Gasteiger partial charge in [0.15, 0.2) is 5.96 Å². The lowest BCUT2D eigenvalue weighted by Crippen LogP contribution is -2.38. The SMILES string of the molecule is CCNC(=NCc1cccc(S(N)(=O)=O)c1)NCCC(C)c1ccc(OC)cc1. The summed E-state index contributed by atoms with van der Waals surface area (Å²) in [7, 11) is -2.05. The van der Waals surface area contributed by atoms with Gasteiger partial charge in [-0.2, -0.15) is 0 Å². The molecule has 0 aliphatic carbocycles. The normalized spacial score (nSPS) is 13.0. The molecule has 2 aromatic carbocycles. The third-order valence-electron chi connectivity index (χ3n) is 4.55. The Morgan fingerprint density at radius 2 is 1.90 bits per heavy atom.